The van der Waals surface area contributed by atoms with Crippen LogP contribution in [0.1, 0.15) is 31.7 Å². The van der Waals surface area contributed by atoms with Gasteiger partial charge in [-0.15, -0.1) is 0 Å². The van der Waals surface area contributed by atoms with E-state index in [0.717, 1.165) is 23.4 Å². The maximum Gasteiger partial charge on any atom is 0.330 e. The topological polar surface area (TPSA) is 114 Å². The number of hydrogen-bond acceptors (Lipinski definition) is 5. The van der Waals surface area contributed by atoms with Crippen LogP contribution in [-0.4, -0.2) is 34.3 Å². The van der Waals surface area contributed by atoms with Gasteiger partial charge in [0.25, 0.3) is 5.56 Å². The van der Waals surface area contributed by atoms with Crippen LogP contribution in [0.25, 0.3) is 22.6 Å². The summed E-state index contributed by atoms with van der Waals surface area (Å²) in [5.74, 6) is 0.620. The van der Waals surface area contributed by atoms with Gasteiger partial charge in [-0.2, -0.15) is 5.10 Å². The van der Waals surface area contributed by atoms with E-state index in [9.17, 15) is 9.59 Å². The summed E-state index contributed by atoms with van der Waals surface area (Å²) in [4.78, 5) is 36.2. The third-order valence-corrected chi connectivity index (χ3v) is 4.69. The van der Waals surface area contributed by atoms with Crippen LogP contribution in [0, 0.1) is 0 Å². The van der Waals surface area contributed by atoms with E-state index >= 15 is 0 Å². The first kappa shape index (κ1) is 17.9. The average molecular weight is 379 g/mol. The van der Waals surface area contributed by atoms with Crippen LogP contribution >= 0.6 is 0 Å². The SMILES string of the molecule is CCCn1c(-c2cn[nH]c2Cc2ccccn2)nc2c1c(=O)[nH]c(=O)n2CC. The van der Waals surface area contributed by atoms with Crippen LogP contribution in [0.2, 0.25) is 0 Å². The number of rotatable bonds is 6. The lowest BCUT2D eigenvalue weighted by molar-refractivity contribution is 0.694. The Kier molecular flexibility index (Phi) is 4.64. The molecule has 0 atom stereocenters. The molecule has 0 fully saturated rings. The fourth-order valence-electron chi connectivity index (χ4n) is 3.44. The summed E-state index contributed by atoms with van der Waals surface area (Å²) >= 11 is 0. The molecular weight excluding hydrogens is 358 g/mol. The van der Waals surface area contributed by atoms with E-state index < -0.39 is 11.2 Å². The fraction of sp³-hybridized carbons (Fsp3) is 0.316. The number of nitrogens with one attached hydrogen (secondary N) is 2. The number of nitrogens with zero attached hydrogens (tertiary/aromatic N) is 5. The van der Waals surface area contributed by atoms with Gasteiger partial charge in [0, 0.05) is 31.4 Å². The second-order valence-corrected chi connectivity index (χ2v) is 6.52. The zero-order chi connectivity index (χ0) is 19.7. The summed E-state index contributed by atoms with van der Waals surface area (Å²) in [6, 6.07) is 5.75. The highest BCUT2D eigenvalue weighted by atomic mass is 16.2. The minimum atomic E-state index is -0.450. The highest BCUT2D eigenvalue weighted by Gasteiger charge is 2.21. The summed E-state index contributed by atoms with van der Waals surface area (Å²) < 4.78 is 3.34. The average Bonchev–Trinajstić information content (AvgIpc) is 3.28. The summed E-state index contributed by atoms with van der Waals surface area (Å²) in [6.45, 7) is 4.90. The standard InChI is InChI=1S/C19H21N7O2/c1-3-9-26-15-17(25(4-2)19(28)23-18(15)27)22-16(26)13-11-21-24-14(13)10-12-7-5-6-8-20-12/h5-8,11H,3-4,9-10H2,1-2H3,(H,21,24)(H,23,27,28). The molecule has 9 heteroatoms. The zero-order valence-corrected chi connectivity index (χ0v) is 15.8. The Hall–Kier alpha value is -3.49. The Morgan fingerprint density at radius 2 is 2.00 bits per heavy atom. The molecule has 0 amide bonds. The zero-order valence-electron chi connectivity index (χ0n) is 15.8. The predicted molar refractivity (Wildman–Crippen MR) is 105 cm³/mol. The van der Waals surface area contributed by atoms with E-state index in [0.29, 0.717) is 36.5 Å². The van der Waals surface area contributed by atoms with E-state index in [4.69, 9.17) is 4.98 Å². The molecule has 0 saturated carbocycles. The molecule has 4 rings (SSSR count). The smallest absolute Gasteiger partial charge is 0.318 e. The minimum Gasteiger partial charge on any atom is -0.318 e. The molecule has 0 radical (unpaired) electrons. The molecule has 0 unspecified atom stereocenters. The number of hydrogen-bond donors (Lipinski definition) is 2. The second-order valence-electron chi connectivity index (χ2n) is 6.52. The quantitative estimate of drug-likeness (QED) is 0.529. The monoisotopic (exact) mass is 379 g/mol. The Morgan fingerprint density at radius 1 is 1.14 bits per heavy atom. The molecule has 0 aromatic carbocycles. The Bertz CT molecular complexity index is 1230. The highest BCUT2D eigenvalue weighted by Crippen LogP contribution is 2.26. The molecule has 0 spiro atoms. The van der Waals surface area contributed by atoms with Gasteiger partial charge in [0.15, 0.2) is 11.2 Å². The number of imidazole rings is 1. The van der Waals surface area contributed by atoms with Crippen molar-refractivity contribution in [1.29, 1.82) is 0 Å². The largest absolute Gasteiger partial charge is 0.330 e. The van der Waals surface area contributed by atoms with Gasteiger partial charge in [-0.25, -0.2) is 9.78 Å². The van der Waals surface area contributed by atoms with Gasteiger partial charge < -0.3 is 4.57 Å². The van der Waals surface area contributed by atoms with Gasteiger partial charge in [0.05, 0.1) is 17.5 Å². The van der Waals surface area contributed by atoms with Crippen molar-refractivity contribution in [3.05, 3.63) is 62.8 Å². The van der Waals surface area contributed by atoms with Gasteiger partial charge in [-0.1, -0.05) is 13.0 Å². The van der Waals surface area contributed by atoms with Gasteiger partial charge >= 0.3 is 5.69 Å². The third kappa shape index (κ3) is 2.94. The maximum absolute atomic E-state index is 12.6. The summed E-state index contributed by atoms with van der Waals surface area (Å²) in [5, 5.41) is 7.21. The lowest BCUT2D eigenvalue weighted by atomic mass is 10.1. The Balaban J connectivity index is 1.94. The molecule has 28 heavy (non-hydrogen) atoms. The van der Waals surface area contributed by atoms with Crippen molar-refractivity contribution >= 4 is 11.2 Å². The summed E-state index contributed by atoms with van der Waals surface area (Å²) in [5.41, 5.74) is 2.47. The highest BCUT2D eigenvalue weighted by molar-refractivity contribution is 5.77. The van der Waals surface area contributed by atoms with Crippen LogP contribution in [0.3, 0.4) is 0 Å². The Labute approximate surface area is 160 Å². The lowest BCUT2D eigenvalue weighted by Crippen LogP contribution is -2.30. The molecule has 0 bridgehead atoms. The summed E-state index contributed by atoms with van der Waals surface area (Å²) in [7, 11) is 0. The number of aryl methyl sites for hydroxylation is 2. The van der Waals surface area contributed by atoms with Crippen LogP contribution in [0.5, 0.6) is 0 Å². The van der Waals surface area contributed by atoms with Crippen molar-refractivity contribution in [1.82, 2.24) is 34.3 Å². The van der Waals surface area contributed by atoms with Gasteiger partial charge in [0.1, 0.15) is 5.82 Å². The van der Waals surface area contributed by atoms with Gasteiger partial charge in [0.2, 0.25) is 0 Å². The first-order valence-corrected chi connectivity index (χ1v) is 9.29. The molecule has 4 aromatic heterocycles. The fourth-order valence-corrected chi connectivity index (χ4v) is 3.44. The molecule has 2 N–H and O–H groups in total. The number of aromatic nitrogens is 7. The van der Waals surface area contributed by atoms with E-state index in [2.05, 4.69) is 20.2 Å². The second kappa shape index (κ2) is 7.26. The van der Waals surface area contributed by atoms with Crippen molar-refractivity contribution in [3.63, 3.8) is 0 Å². The molecule has 4 aromatic rings. The number of pyridine rings is 1. The molecular formula is C19H21N7O2. The summed E-state index contributed by atoms with van der Waals surface area (Å²) in [6.07, 6.45) is 4.82. The molecule has 0 saturated heterocycles. The normalized spacial score (nSPS) is 11.4. The van der Waals surface area contributed by atoms with E-state index in [1.807, 2.05) is 36.6 Å². The minimum absolute atomic E-state index is 0.393. The van der Waals surface area contributed by atoms with Crippen molar-refractivity contribution in [2.24, 2.45) is 0 Å². The lowest BCUT2D eigenvalue weighted by Gasteiger charge is -2.08. The van der Waals surface area contributed by atoms with Crippen molar-refractivity contribution in [2.75, 3.05) is 0 Å². The molecule has 4 heterocycles. The van der Waals surface area contributed by atoms with Crippen molar-refractivity contribution < 1.29 is 0 Å². The molecule has 9 nitrogen and oxygen atoms in total. The van der Waals surface area contributed by atoms with Crippen LogP contribution in [-0.2, 0) is 19.5 Å². The predicted octanol–water partition coefficient (Wildman–Crippen LogP) is 1.69. The molecule has 144 valence electrons. The number of aromatic amines is 2. The van der Waals surface area contributed by atoms with Gasteiger partial charge in [-0.05, 0) is 25.5 Å². The number of H-pyrrole nitrogens is 2. The maximum atomic E-state index is 12.6. The number of fused-ring (bicyclic) bond motifs is 1. The van der Waals surface area contributed by atoms with Crippen LogP contribution < -0.4 is 11.2 Å². The van der Waals surface area contributed by atoms with Crippen LogP contribution in [0.15, 0.2) is 40.2 Å². The first-order valence-electron chi connectivity index (χ1n) is 9.29. The first-order chi connectivity index (χ1) is 13.6. The molecule has 0 aliphatic carbocycles. The van der Waals surface area contributed by atoms with Crippen molar-refractivity contribution in [2.45, 2.75) is 39.8 Å². The molecule has 0 aliphatic rings. The third-order valence-electron chi connectivity index (χ3n) is 4.69. The van der Waals surface area contributed by atoms with E-state index in [1.165, 1.54) is 4.57 Å². The van der Waals surface area contributed by atoms with Crippen molar-refractivity contribution in [3.8, 4) is 11.4 Å². The molecule has 0 aliphatic heterocycles. The Morgan fingerprint density at radius 3 is 2.71 bits per heavy atom. The van der Waals surface area contributed by atoms with E-state index in [-0.39, 0.29) is 0 Å². The van der Waals surface area contributed by atoms with Gasteiger partial charge in [-0.3, -0.25) is 24.4 Å². The van der Waals surface area contributed by atoms with Crippen LogP contribution in [0.4, 0.5) is 0 Å². The van der Waals surface area contributed by atoms with E-state index in [1.54, 1.807) is 12.4 Å².